The fourth-order valence-electron chi connectivity index (χ4n) is 3.70. The van der Waals surface area contributed by atoms with Gasteiger partial charge in [-0.2, -0.15) is 0 Å². The summed E-state index contributed by atoms with van der Waals surface area (Å²) < 4.78 is 5.46. The van der Waals surface area contributed by atoms with Crippen LogP contribution in [0.25, 0.3) is 0 Å². The van der Waals surface area contributed by atoms with E-state index in [1.54, 1.807) is 25.3 Å². The molecule has 1 amide bonds. The van der Waals surface area contributed by atoms with Crippen LogP contribution in [0.5, 0.6) is 5.75 Å². The molecule has 2 aromatic rings. The van der Waals surface area contributed by atoms with Gasteiger partial charge in [-0.1, -0.05) is 25.5 Å². The molecule has 160 valence electrons. The van der Waals surface area contributed by atoms with E-state index in [0.29, 0.717) is 30.9 Å². The van der Waals surface area contributed by atoms with Crippen LogP contribution in [0.1, 0.15) is 36.5 Å². The number of aromatic carboxylic acids is 1. The third-order valence-corrected chi connectivity index (χ3v) is 5.31. The van der Waals surface area contributed by atoms with Crippen molar-refractivity contribution in [1.29, 1.82) is 0 Å². The predicted octanol–water partition coefficient (Wildman–Crippen LogP) is 3.85. The van der Waals surface area contributed by atoms with E-state index < -0.39 is 5.97 Å². The third-order valence-electron chi connectivity index (χ3n) is 5.31. The third kappa shape index (κ3) is 5.03. The molecular formula is C23H29N3O4. The second-order valence-corrected chi connectivity index (χ2v) is 7.33. The minimum Gasteiger partial charge on any atom is -0.495 e. The number of para-hydroxylation sites is 2. The highest BCUT2D eigenvalue weighted by Crippen LogP contribution is 2.31. The average molecular weight is 412 g/mol. The minimum absolute atomic E-state index is 0.0913. The lowest BCUT2D eigenvalue weighted by Gasteiger charge is -2.38. The van der Waals surface area contributed by atoms with Gasteiger partial charge in [-0.15, -0.1) is 0 Å². The number of nitrogens with zero attached hydrogens (tertiary/aromatic N) is 2. The molecule has 1 aliphatic rings. The Bertz CT molecular complexity index is 892. The zero-order valence-corrected chi connectivity index (χ0v) is 17.6. The number of anilines is 3. The summed E-state index contributed by atoms with van der Waals surface area (Å²) in [6.07, 6.45) is 2.19. The summed E-state index contributed by atoms with van der Waals surface area (Å²) in [6, 6.07) is 13.0. The zero-order chi connectivity index (χ0) is 21.5. The van der Waals surface area contributed by atoms with Gasteiger partial charge in [-0.3, -0.25) is 4.79 Å². The van der Waals surface area contributed by atoms with Gasteiger partial charge in [0.15, 0.2) is 0 Å². The number of unbranched alkanes of at least 4 members (excludes halogenated alkanes) is 1. The van der Waals surface area contributed by atoms with Crippen molar-refractivity contribution in [3.8, 4) is 5.75 Å². The molecule has 7 nitrogen and oxygen atoms in total. The molecule has 7 heteroatoms. The number of rotatable bonds is 8. The second kappa shape index (κ2) is 10.0. The first-order valence-corrected chi connectivity index (χ1v) is 10.3. The van der Waals surface area contributed by atoms with Crippen molar-refractivity contribution in [1.82, 2.24) is 0 Å². The van der Waals surface area contributed by atoms with Gasteiger partial charge in [0.2, 0.25) is 5.91 Å². The molecule has 30 heavy (non-hydrogen) atoms. The Morgan fingerprint density at radius 2 is 1.70 bits per heavy atom. The first-order chi connectivity index (χ1) is 14.5. The summed E-state index contributed by atoms with van der Waals surface area (Å²) in [5.41, 5.74) is 2.44. The Kier molecular flexibility index (Phi) is 7.17. The maximum atomic E-state index is 12.0. The number of carboxylic acid groups (broad SMARTS) is 1. The van der Waals surface area contributed by atoms with E-state index in [2.05, 4.69) is 15.1 Å². The molecule has 1 saturated heterocycles. The maximum Gasteiger partial charge on any atom is 0.337 e. The van der Waals surface area contributed by atoms with Crippen molar-refractivity contribution in [2.45, 2.75) is 26.2 Å². The summed E-state index contributed by atoms with van der Waals surface area (Å²) in [4.78, 5) is 28.2. The zero-order valence-electron chi connectivity index (χ0n) is 17.6. The Morgan fingerprint density at radius 1 is 1.03 bits per heavy atom. The van der Waals surface area contributed by atoms with E-state index in [4.69, 9.17) is 4.74 Å². The van der Waals surface area contributed by atoms with Gasteiger partial charge in [-0.25, -0.2) is 4.79 Å². The van der Waals surface area contributed by atoms with E-state index in [-0.39, 0.29) is 11.5 Å². The molecule has 0 aliphatic carbocycles. The molecule has 1 heterocycles. The topological polar surface area (TPSA) is 82.1 Å². The summed E-state index contributed by atoms with van der Waals surface area (Å²) in [5.74, 6) is -0.256. The van der Waals surface area contributed by atoms with Crippen molar-refractivity contribution < 1.29 is 19.4 Å². The van der Waals surface area contributed by atoms with Crippen LogP contribution < -0.4 is 19.9 Å². The molecule has 1 fully saturated rings. The standard InChI is InChI=1S/C23H29N3O4/c1-3-4-9-22(27)24-17-10-11-19(18(16-17)23(28)29)25-12-14-26(15-13-25)20-7-5-6-8-21(20)30-2/h5-8,10-11,16H,3-4,9,12-15H2,1-2H3,(H,24,27)(H,28,29). The number of carbonyl (C=O) groups excluding carboxylic acids is 1. The van der Waals surface area contributed by atoms with E-state index in [1.807, 2.05) is 31.2 Å². The van der Waals surface area contributed by atoms with E-state index in [9.17, 15) is 14.7 Å². The minimum atomic E-state index is -0.998. The largest absolute Gasteiger partial charge is 0.495 e. The van der Waals surface area contributed by atoms with Crippen molar-refractivity contribution in [3.05, 3.63) is 48.0 Å². The number of ether oxygens (including phenoxy) is 1. The number of hydrogen-bond acceptors (Lipinski definition) is 5. The molecule has 3 rings (SSSR count). The van der Waals surface area contributed by atoms with Gasteiger partial charge < -0.3 is 25.0 Å². The highest BCUT2D eigenvalue weighted by Gasteiger charge is 2.23. The van der Waals surface area contributed by atoms with E-state index >= 15 is 0 Å². The Balaban J connectivity index is 1.71. The molecule has 0 bridgehead atoms. The van der Waals surface area contributed by atoms with Crippen LogP contribution >= 0.6 is 0 Å². The normalized spacial score (nSPS) is 13.8. The average Bonchev–Trinajstić information content (AvgIpc) is 2.77. The highest BCUT2D eigenvalue weighted by molar-refractivity contribution is 5.98. The summed E-state index contributed by atoms with van der Waals surface area (Å²) in [6.45, 7) is 4.93. The van der Waals surface area contributed by atoms with Crippen LogP contribution in [-0.4, -0.2) is 50.3 Å². The quantitative estimate of drug-likeness (QED) is 0.687. The number of benzene rings is 2. The number of hydrogen-bond donors (Lipinski definition) is 2. The fraction of sp³-hybridized carbons (Fsp3) is 0.391. The molecule has 0 radical (unpaired) electrons. The van der Waals surface area contributed by atoms with Gasteiger partial charge in [-0.05, 0) is 36.8 Å². The Hall–Kier alpha value is -3.22. The maximum absolute atomic E-state index is 12.0. The fourth-order valence-corrected chi connectivity index (χ4v) is 3.70. The van der Waals surface area contributed by atoms with Gasteiger partial charge in [0.25, 0.3) is 0 Å². The van der Waals surface area contributed by atoms with Gasteiger partial charge >= 0.3 is 5.97 Å². The predicted molar refractivity (Wildman–Crippen MR) is 119 cm³/mol. The molecule has 0 unspecified atom stereocenters. The number of carboxylic acids is 1. The van der Waals surface area contributed by atoms with Crippen molar-refractivity contribution >= 4 is 28.9 Å². The lowest BCUT2D eigenvalue weighted by molar-refractivity contribution is -0.116. The first kappa shape index (κ1) is 21.5. The van der Waals surface area contributed by atoms with Crippen LogP contribution in [0.15, 0.2) is 42.5 Å². The van der Waals surface area contributed by atoms with E-state index in [1.165, 1.54) is 0 Å². The van der Waals surface area contributed by atoms with Crippen LogP contribution in [0.3, 0.4) is 0 Å². The van der Waals surface area contributed by atoms with Crippen LogP contribution in [0.4, 0.5) is 17.1 Å². The molecule has 2 aromatic carbocycles. The smallest absolute Gasteiger partial charge is 0.337 e. The molecule has 0 atom stereocenters. The van der Waals surface area contributed by atoms with Crippen LogP contribution in [-0.2, 0) is 4.79 Å². The highest BCUT2D eigenvalue weighted by atomic mass is 16.5. The monoisotopic (exact) mass is 411 g/mol. The molecule has 0 aromatic heterocycles. The SMILES string of the molecule is CCCCC(=O)Nc1ccc(N2CCN(c3ccccc3OC)CC2)c(C(=O)O)c1. The Labute approximate surface area is 177 Å². The van der Waals surface area contributed by atoms with Crippen molar-refractivity contribution in [2.24, 2.45) is 0 Å². The number of carbonyl (C=O) groups is 2. The van der Waals surface area contributed by atoms with Crippen molar-refractivity contribution in [3.63, 3.8) is 0 Å². The lowest BCUT2D eigenvalue weighted by atomic mass is 10.1. The molecular weight excluding hydrogens is 382 g/mol. The lowest BCUT2D eigenvalue weighted by Crippen LogP contribution is -2.47. The molecule has 1 aliphatic heterocycles. The van der Waals surface area contributed by atoms with Crippen molar-refractivity contribution in [2.75, 3.05) is 48.4 Å². The molecule has 0 saturated carbocycles. The summed E-state index contributed by atoms with van der Waals surface area (Å²) >= 11 is 0. The Morgan fingerprint density at radius 3 is 2.33 bits per heavy atom. The summed E-state index contributed by atoms with van der Waals surface area (Å²) in [7, 11) is 1.66. The number of nitrogens with one attached hydrogen (secondary N) is 1. The second-order valence-electron chi connectivity index (χ2n) is 7.33. The number of methoxy groups -OCH3 is 1. The molecule has 0 spiro atoms. The van der Waals surface area contributed by atoms with Gasteiger partial charge in [0, 0.05) is 38.3 Å². The number of amides is 1. The van der Waals surface area contributed by atoms with Gasteiger partial charge in [0.1, 0.15) is 5.75 Å². The first-order valence-electron chi connectivity index (χ1n) is 10.3. The number of piperazine rings is 1. The van der Waals surface area contributed by atoms with Crippen LogP contribution in [0.2, 0.25) is 0 Å². The summed E-state index contributed by atoms with van der Waals surface area (Å²) in [5, 5.41) is 12.5. The molecule has 2 N–H and O–H groups in total. The van der Waals surface area contributed by atoms with Gasteiger partial charge in [0.05, 0.1) is 24.0 Å². The van der Waals surface area contributed by atoms with E-state index in [0.717, 1.165) is 37.4 Å². The van der Waals surface area contributed by atoms with Crippen LogP contribution in [0, 0.1) is 0 Å².